The second-order valence-corrected chi connectivity index (χ2v) is 6.27. The van der Waals surface area contributed by atoms with Gasteiger partial charge in [-0.05, 0) is 36.2 Å². The minimum atomic E-state index is -0.603. The molecular formula is C17H17FN2OS. The lowest BCUT2D eigenvalue weighted by Gasteiger charge is -2.11. The van der Waals surface area contributed by atoms with Gasteiger partial charge in [0.15, 0.2) is 0 Å². The molecule has 0 radical (unpaired) electrons. The number of hydrogen-bond donors (Lipinski definition) is 2. The number of aromatic amines is 1. The van der Waals surface area contributed by atoms with Crippen molar-refractivity contribution in [2.45, 2.75) is 18.8 Å². The molecule has 3 aromatic rings. The lowest BCUT2D eigenvalue weighted by atomic mass is 10.1. The standard InChI is InChI=1S/C17H17FN2OS/c1-11-8-12(6-7-13(11)18)16(21)9-22-10-17-19-14-4-2-3-5-15(14)20-17/h2-8,16,21H,9-10H2,1H3,(H,19,20). The number of aromatic nitrogens is 2. The van der Waals surface area contributed by atoms with E-state index in [2.05, 4.69) is 9.97 Å². The molecular weight excluding hydrogens is 299 g/mol. The molecule has 0 aliphatic carbocycles. The van der Waals surface area contributed by atoms with E-state index in [0.29, 0.717) is 17.1 Å². The minimum absolute atomic E-state index is 0.245. The van der Waals surface area contributed by atoms with Crippen LogP contribution in [0, 0.1) is 12.7 Å². The number of thioether (sulfide) groups is 1. The number of imidazole rings is 1. The molecule has 0 aliphatic rings. The fourth-order valence-corrected chi connectivity index (χ4v) is 3.18. The summed E-state index contributed by atoms with van der Waals surface area (Å²) >= 11 is 1.60. The maximum Gasteiger partial charge on any atom is 0.126 e. The number of aliphatic hydroxyl groups is 1. The summed E-state index contributed by atoms with van der Waals surface area (Å²) in [5.74, 6) is 1.90. The Hall–Kier alpha value is -1.85. The van der Waals surface area contributed by atoms with Crippen molar-refractivity contribution in [3.63, 3.8) is 0 Å². The molecule has 1 unspecified atom stereocenters. The summed E-state index contributed by atoms with van der Waals surface area (Å²) in [4.78, 5) is 7.76. The van der Waals surface area contributed by atoms with Gasteiger partial charge in [0.05, 0.1) is 22.9 Å². The van der Waals surface area contributed by atoms with Gasteiger partial charge in [-0.15, -0.1) is 0 Å². The summed E-state index contributed by atoms with van der Waals surface area (Å²) in [6, 6.07) is 12.6. The van der Waals surface area contributed by atoms with E-state index < -0.39 is 6.10 Å². The van der Waals surface area contributed by atoms with Gasteiger partial charge in [0.1, 0.15) is 11.6 Å². The molecule has 0 saturated carbocycles. The van der Waals surface area contributed by atoms with Gasteiger partial charge >= 0.3 is 0 Å². The normalized spacial score (nSPS) is 12.7. The van der Waals surface area contributed by atoms with Gasteiger partial charge in [0, 0.05) is 5.75 Å². The zero-order valence-corrected chi connectivity index (χ0v) is 13.0. The van der Waals surface area contributed by atoms with Crippen LogP contribution in [-0.4, -0.2) is 20.8 Å². The molecule has 22 heavy (non-hydrogen) atoms. The molecule has 1 atom stereocenters. The maximum absolute atomic E-state index is 13.2. The second-order valence-electron chi connectivity index (χ2n) is 5.24. The second kappa shape index (κ2) is 6.50. The quantitative estimate of drug-likeness (QED) is 0.748. The van der Waals surface area contributed by atoms with Gasteiger partial charge in [-0.25, -0.2) is 9.37 Å². The zero-order valence-electron chi connectivity index (χ0n) is 12.2. The van der Waals surface area contributed by atoms with Crippen LogP contribution in [0.2, 0.25) is 0 Å². The van der Waals surface area contributed by atoms with Crippen LogP contribution in [0.25, 0.3) is 11.0 Å². The fraction of sp³-hybridized carbons (Fsp3) is 0.235. The first-order valence-electron chi connectivity index (χ1n) is 7.09. The van der Waals surface area contributed by atoms with Gasteiger partial charge in [0.2, 0.25) is 0 Å². The molecule has 3 nitrogen and oxygen atoms in total. The van der Waals surface area contributed by atoms with E-state index in [1.54, 1.807) is 30.8 Å². The van der Waals surface area contributed by atoms with Crippen LogP contribution in [0.15, 0.2) is 42.5 Å². The Balaban J connectivity index is 1.58. The Bertz CT molecular complexity index is 754. The molecule has 1 heterocycles. The number of fused-ring (bicyclic) bond motifs is 1. The Morgan fingerprint density at radius 3 is 2.86 bits per heavy atom. The third-order valence-electron chi connectivity index (χ3n) is 3.52. The van der Waals surface area contributed by atoms with E-state index in [1.165, 1.54) is 6.07 Å². The number of H-pyrrole nitrogens is 1. The van der Waals surface area contributed by atoms with Crippen molar-refractivity contribution in [1.82, 2.24) is 9.97 Å². The molecule has 5 heteroatoms. The van der Waals surface area contributed by atoms with Crippen LogP contribution >= 0.6 is 11.8 Å². The SMILES string of the molecule is Cc1cc(C(O)CSCc2nc3ccccc3[nH]2)ccc1F. The van der Waals surface area contributed by atoms with Gasteiger partial charge in [0.25, 0.3) is 0 Å². The summed E-state index contributed by atoms with van der Waals surface area (Å²) in [6.45, 7) is 1.70. The summed E-state index contributed by atoms with van der Waals surface area (Å²) in [5.41, 5.74) is 3.27. The van der Waals surface area contributed by atoms with E-state index >= 15 is 0 Å². The highest BCUT2D eigenvalue weighted by Gasteiger charge is 2.10. The van der Waals surface area contributed by atoms with Crippen LogP contribution in [0.5, 0.6) is 0 Å². The largest absolute Gasteiger partial charge is 0.388 e. The summed E-state index contributed by atoms with van der Waals surface area (Å²) < 4.78 is 13.2. The molecule has 1 aromatic heterocycles. The Kier molecular flexibility index (Phi) is 4.45. The lowest BCUT2D eigenvalue weighted by Crippen LogP contribution is -2.02. The molecule has 0 amide bonds. The number of nitrogens with one attached hydrogen (secondary N) is 1. The highest BCUT2D eigenvalue weighted by atomic mass is 32.2. The average Bonchev–Trinajstić information content (AvgIpc) is 2.92. The number of nitrogens with zero attached hydrogens (tertiary/aromatic N) is 1. The highest BCUT2D eigenvalue weighted by Crippen LogP contribution is 2.23. The molecule has 2 aromatic carbocycles. The minimum Gasteiger partial charge on any atom is -0.388 e. The van der Waals surface area contributed by atoms with Crippen molar-refractivity contribution >= 4 is 22.8 Å². The predicted octanol–water partition coefficient (Wildman–Crippen LogP) is 3.98. The number of aliphatic hydroxyl groups excluding tert-OH is 1. The summed E-state index contributed by atoms with van der Waals surface area (Å²) in [6.07, 6.45) is -0.603. The first kappa shape index (κ1) is 15.1. The Morgan fingerprint density at radius 2 is 2.09 bits per heavy atom. The van der Waals surface area contributed by atoms with Gasteiger partial charge in [-0.2, -0.15) is 11.8 Å². The van der Waals surface area contributed by atoms with Crippen molar-refractivity contribution in [3.05, 3.63) is 65.2 Å². The Morgan fingerprint density at radius 1 is 1.27 bits per heavy atom. The van der Waals surface area contributed by atoms with E-state index in [4.69, 9.17) is 0 Å². The molecule has 0 aliphatic heterocycles. The summed E-state index contributed by atoms with van der Waals surface area (Å²) in [7, 11) is 0. The van der Waals surface area contributed by atoms with Gasteiger partial charge in [-0.3, -0.25) is 0 Å². The van der Waals surface area contributed by atoms with Gasteiger partial charge in [-0.1, -0.05) is 24.3 Å². The first-order chi connectivity index (χ1) is 10.6. The molecule has 2 N–H and O–H groups in total. The molecule has 0 spiro atoms. The third-order valence-corrected chi connectivity index (χ3v) is 4.55. The van der Waals surface area contributed by atoms with Crippen LogP contribution in [0.4, 0.5) is 4.39 Å². The van der Waals surface area contributed by atoms with Gasteiger partial charge < -0.3 is 10.1 Å². The number of aryl methyl sites for hydroxylation is 1. The lowest BCUT2D eigenvalue weighted by molar-refractivity contribution is 0.204. The van der Waals surface area contributed by atoms with Crippen molar-refractivity contribution in [3.8, 4) is 0 Å². The number of benzene rings is 2. The topological polar surface area (TPSA) is 48.9 Å². The number of halogens is 1. The van der Waals surface area contributed by atoms with Crippen LogP contribution in [0.1, 0.15) is 23.1 Å². The van der Waals surface area contributed by atoms with E-state index in [0.717, 1.165) is 22.4 Å². The first-order valence-corrected chi connectivity index (χ1v) is 8.24. The molecule has 114 valence electrons. The third kappa shape index (κ3) is 3.31. The molecule has 0 bridgehead atoms. The molecule has 0 fully saturated rings. The number of para-hydroxylation sites is 2. The highest BCUT2D eigenvalue weighted by molar-refractivity contribution is 7.98. The van der Waals surface area contributed by atoms with Crippen molar-refractivity contribution in [2.75, 3.05) is 5.75 Å². The van der Waals surface area contributed by atoms with E-state index in [9.17, 15) is 9.50 Å². The van der Waals surface area contributed by atoms with Crippen molar-refractivity contribution < 1.29 is 9.50 Å². The molecule has 3 rings (SSSR count). The van der Waals surface area contributed by atoms with Crippen LogP contribution in [-0.2, 0) is 5.75 Å². The van der Waals surface area contributed by atoms with E-state index in [1.807, 2.05) is 24.3 Å². The Labute approximate surface area is 132 Å². The summed E-state index contributed by atoms with van der Waals surface area (Å²) in [5, 5.41) is 10.2. The number of rotatable bonds is 5. The average molecular weight is 316 g/mol. The molecule has 0 saturated heterocycles. The van der Waals surface area contributed by atoms with Crippen LogP contribution in [0.3, 0.4) is 0 Å². The van der Waals surface area contributed by atoms with Crippen molar-refractivity contribution in [1.29, 1.82) is 0 Å². The maximum atomic E-state index is 13.2. The predicted molar refractivity (Wildman–Crippen MR) is 88.4 cm³/mol. The monoisotopic (exact) mass is 316 g/mol. The van der Waals surface area contributed by atoms with Crippen LogP contribution < -0.4 is 0 Å². The van der Waals surface area contributed by atoms with E-state index in [-0.39, 0.29) is 5.82 Å². The number of hydrogen-bond acceptors (Lipinski definition) is 3. The fourth-order valence-electron chi connectivity index (χ4n) is 2.31. The zero-order chi connectivity index (χ0) is 15.5. The smallest absolute Gasteiger partial charge is 0.126 e. The van der Waals surface area contributed by atoms with Crippen molar-refractivity contribution in [2.24, 2.45) is 0 Å².